The Morgan fingerprint density at radius 3 is 2.46 bits per heavy atom. The number of aryl methyl sites for hydroxylation is 1. The third kappa shape index (κ3) is 3.88. The topological polar surface area (TPSA) is 37.1 Å². The van der Waals surface area contributed by atoms with Crippen LogP contribution in [0.3, 0.4) is 0 Å². The zero-order valence-corrected chi connectivity index (χ0v) is 17.3. The first-order chi connectivity index (χ1) is 12.5. The zero-order valence-electron chi connectivity index (χ0n) is 14.9. The molecule has 1 heterocycles. The highest BCUT2D eigenvalue weighted by Gasteiger charge is 2.56. The zero-order chi connectivity index (χ0) is 18.7. The minimum atomic E-state index is -3.58. The highest BCUT2D eigenvalue weighted by Crippen LogP contribution is 2.49. The van der Waals surface area contributed by atoms with Gasteiger partial charge in [0.2, 0.25) is 10.0 Å². The van der Waals surface area contributed by atoms with E-state index in [4.69, 9.17) is 0 Å². The van der Waals surface area contributed by atoms with Gasteiger partial charge in [0.1, 0.15) is 6.04 Å². The van der Waals surface area contributed by atoms with Gasteiger partial charge in [0.15, 0.2) is 0 Å². The molecule has 1 aliphatic rings. The van der Waals surface area contributed by atoms with E-state index in [9.17, 15) is 8.42 Å². The Morgan fingerprint density at radius 1 is 1.12 bits per heavy atom. The first-order valence-corrected chi connectivity index (χ1v) is 11.0. The highest BCUT2D eigenvalue weighted by atomic mass is 79.9. The lowest BCUT2D eigenvalue weighted by molar-refractivity contribution is 0.551. The maximum Gasteiger partial charge on any atom is 0.244 e. The summed E-state index contributed by atoms with van der Waals surface area (Å²) in [7, 11) is -3.58. The van der Waals surface area contributed by atoms with E-state index in [-0.39, 0.29) is 12.1 Å². The number of sulfonamides is 1. The molecule has 26 heavy (non-hydrogen) atoms. The van der Waals surface area contributed by atoms with Crippen LogP contribution < -0.4 is 0 Å². The lowest BCUT2D eigenvalue weighted by Gasteiger charge is -2.07. The Balaban J connectivity index is 1.95. The fourth-order valence-electron chi connectivity index (χ4n) is 2.95. The van der Waals surface area contributed by atoms with Gasteiger partial charge in [-0.15, -0.1) is 5.92 Å². The molecule has 0 radical (unpaired) electrons. The Kier molecular flexibility index (Phi) is 5.86. The molecule has 3 atom stereocenters. The standard InChI is InChI=1S/C21H22BrNO2S/c1-3-4-5-6-11-20-21(18-9-7-8-10-19(18)22)23(20)26(24,25)17-14-12-16(2)13-15-17/h7-10,12-15,20-21H,3-5H2,1-2H3. The second kappa shape index (κ2) is 7.96. The van der Waals surface area contributed by atoms with Crippen LogP contribution in [0.15, 0.2) is 57.9 Å². The van der Waals surface area contributed by atoms with Crippen LogP contribution in [0, 0.1) is 18.8 Å². The van der Waals surface area contributed by atoms with Gasteiger partial charge >= 0.3 is 0 Å². The summed E-state index contributed by atoms with van der Waals surface area (Å²) in [5.74, 6) is 6.34. The molecule has 0 N–H and O–H groups in total. The van der Waals surface area contributed by atoms with E-state index in [1.165, 1.54) is 4.31 Å². The predicted octanol–water partition coefficient (Wildman–Crippen LogP) is 5.07. The molecule has 0 bridgehead atoms. The van der Waals surface area contributed by atoms with Crippen LogP contribution in [-0.4, -0.2) is 18.8 Å². The average molecular weight is 432 g/mol. The van der Waals surface area contributed by atoms with E-state index in [0.29, 0.717) is 4.90 Å². The van der Waals surface area contributed by atoms with Gasteiger partial charge < -0.3 is 0 Å². The van der Waals surface area contributed by atoms with Crippen LogP contribution in [0.5, 0.6) is 0 Å². The number of hydrogen-bond donors (Lipinski definition) is 0. The van der Waals surface area contributed by atoms with Crippen LogP contribution in [0.4, 0.5) is 0 Å². The van der Waals surface area contributed by atoms with Crippen LogP contribution in [-0.2, 0) is 10.0 Å². The van der Waals surface area contributed by atoms with Crippen molar-refractivity contribution in [3.05, 3.63) is 64.1 Å². The van der Waals surface area contributed by atoms with E-state index in [1.807, 2.05) is 43.3 Å². The van der Waals surface area contributed by atoms with E-state index in [2.05, 4.69) is 34.7 Å². The van der Waals surface area contributed by atoms with E-state index in [1.54, 1.807) is 12.1 Å². The molecular weight excluding hydrogens is 410 g/mol. The summed E-state index contributed by atoms with van der Waals surface area (Å²) < 4.78 is 28.7. The minimum absolute atomic E-state index is 0.244. The van der Waals surface area contributed by atoms with Crippen molar-refractivity contribution in [2.24, 2.45) is 0 Å². The molecule has 0 aromatic heterocycles. The van der Waals surface area contributed by atoms with Crippen molar-refractivity contribution >= 4 is 26.0 Å². The summed E-state index contributed by atoms with van der Waals surface area (Å²) in [6.07, 6.45) is 2.91. The van der Waals surface area contributed by atoms with Crippen molar-refractivity contribution in [1.29, 1.82) is 0 Å². The van der Waals surface area contributed by atoms with Crippen LogP contribution >= 0.6 is 15.9 Å². The van der Waals surface area contributed by atoms with Crippen molar-refractivity contribution in [3.8, 4) is 11.8 Å². The van der Waals surface area contributed by atoms with Crippen LogP contribution in [0.1, 0.15) is 43.4 Å². The Labute approximate surface area is 164 Å². The number of halogens is 1. The number of unbranched alkanes of at least 4 members (excludes halogenated alkanes) is 2. The van der Waals surface area contributed by atoms with E-state index < -0.39 is 10.0 Å². The fraction of sp³-hybridized carbons (Fsp3) is 0.333. The maximum atomic E-state index is 13.1. The molecule has 3 rings (SSSR count). The third-order valence-electron chi connectivity index (χ3n) is 4.48. The number of hydrogen-bond acceptors (Lipinski definition) is 2. The molecule has 3 unspecified atom stereocenters. The molecule has 2 aromatic rings. The van der Waals surface area contributed by atoms with Gasteiger partial charge in [0.25, 0.3) is 0 Å². The summed E-state index contributed by atoms with van der Waals surface area (Å²) in [6.45, 7) is 4.07. The summed E-state index contributed by atoms with van der Waals surface area (Å²) in [5, 5.41) is 0. The number of benzene rings is 2. The second-order valence-corrected chi connectivity index (χ2v) is 9.18. The van der Waals surface area contributed by atoms with Gasteiger partial charge in [0, 0.05) is 10.9 Å². The molecule has 0 aliphatic carbocycles. The maximum absolute atomic E-state index is 13.1. The summed E-state index contributed by atoms with van der Waals surface area (Å²) in [6, 6.07) is 14.2. The number of rotatable bonds is 5. The average Bonchev–Trinajstić information content (AvgIpc) is 3.34. The summed E-state index contributed by atoms with van der Waals surface area (Å²) in [5.41, 5.74) is 1.99. The molecule has 1 saturated heterocycles. The van der Waals surface area contributed by atoms with E-state index in [0.717, 1.165) is 34.9 Å². The first-order valence-electron chi connectivity index (χ1n) is 8.80. The van der Waals surface area contributed by atoms with E-state index >= 15 is 0 Å². The van der Waals surface area contributed by atoms with Crippen molar-refractivity contribution in [2.75, 3.05) is 0 Å². The molecule has 0 saturated carbocycles. The van der Waals surface area contributed by atoms with Gasteiger partial charge in [-0.2, -0.15) is 4.31 Å². The quantitative estimate of drug-likeness (QED) is 0.376. The van der Waals surface area contributed by atoms with Crippen molar-refractivity contribution < 1.29 is 8.42 Å². The molecule has 0 spiro atoms. The van der Waals surface area contributed by atoms with Gasteiger partial charge in [-0.25, -0.2) is 8.42 Å². The molecule has 136 valence electrons. The molecular formula is C21H22BrNO2S. The van der Waals surface area contributed by atoms with Crippen LogP contribution in [0.25, 0.3) is 0 Å². The molecule has 0 amide bonds. The normalized spacial score (nSPS) is 21.7. The lowest BCUT2D eigenvalue weighted by Crippen LogP contribution is -2.14. The Bertz CT molecular complexity index is 942. The van der Waals surface area contributed by atoms with Crippen molar-refractivity contribution in [2.45, 2.75) is 50.1 Å². The molecule has 5 heteroatoms. The van der Waals surface area contributed by atoms with Crippen molar-refractivity contribution in [3.63, 3.8) is 0 Å². The minimum Gasteiger partial charge on any atom is -0.207 e. The van der Waals surface area contributed by atoms with Gasteiger partial charge in [-0.05, 0) is 37.1 Å². The number of nitrogens with zero attached hydrogens (tertiary/aromatic N) is 1. The summed E-state index contributed by atoms with van der Waals surface area (Å²) >= 11 is 3.55. The second-order valence-electron chi connectivity index (χ2n) is 6.48. The first kappa shape index (κ1) is 19.2. The molecule has 3 nitrogen and oxygen atoms in total. The lowest BCUT2D eigenvalue weighted by atomic mass is 10.1. The molecule has 1 aliphatic heterocycles. The predicted molar refractivity (Wildman–Crippen MR) is 108 cm³/mol. The van der Waals surface area contributed by atoms with Gasteiger partial charge in [0.05, 0.1) is 10.9 Å². The smallest absolute Gasteiger partial charge is 0.207 e. The Morgan fingerprint density at radius 2 is 1.81 bits per heavy atom. The van der Waals surface area contributed by atoms with Crippen LogP contribution in [0.2, 0.25) is 0 Å². The fourth-order valence-corrected chi connectivity index (χ4v) is 5.13. The molecule has 2 aromatic carbocycles. The largest absolute Gasteiger partial charge is 0.244 e. The molecule has 1 fully saturated rings. The van der Waals surface area contributed by atoms with Gasteiger partial charge in [-0.1, -0.05) is 71.1 Å². The SMILES string of the molecule is CCCCC#CC1C(c2ccccc2Br)N1S(=O)(=O)c1ccc(C)cc1. The Hall–Kier alpha value is -1.61. The highest BCUT2D eigenvalue weighted by molar-refractivity contribution is 9.10. The monoisotopic (exact) mass is 431 g/mol. The van der Waals surface area contributed by atoms with Gasteiger partial charge in [-0.3, -0.25) is 0 Å². The third-order valence-corrected chi connectivity index (χ3v) is 7.08. The van der Waals surface area contributed by atoms with Crippen molar-refractivity contribution in [1.82, 2.24) is 4.31 Å². The summed E-state index contributed by atoms with van der Waals surface area (Å²) in [4.78, 5) is 0.318.